The van der Waals surface area contributed by atoms with Crippen LogP contribution in [0.4, 0.5) is 8.78 Å². The van der Waals surface area contributed by atoms with Crippen molar-refractivity contribution >= 4 is 22.6 Å². The number of aryl methyl sites for hydroxylation is 1. The number of aromatic nitrogens is 3. The summed E-state index contributed by atoms with van der Waals surface area (Å²) in [7, 11) is 1.46. The van der Waals surface area contributed by atoms with Crippen molar-refractivity contribution in [3.63, 3.8) is 0 Å². The Balaban J connectivity index is 1.55. The molecule has 1 aliphatic heterocycles. The zero-order chi connectivity index (χ0) is 29.5. The predicted molar refractivity (Wildman–Crippen MR) is 145 cm³/mol. The number of fused-ring (bicyclic) bond motifs is 1. The molecule has 2 aromatic carbocycles. The highest BCUT2D eigenvalue weighted by atomic mass is 19.1. The second-order valence-corrected chi connectivity index (χ2v) is 10.6. The van der Waals surface area contributed by atoms with Crippen LogP contribution in [0.5, 0.6) is 5.75 Å². The fourth-order valence-corrected chi connectivity index (χ4v) is 4.86. The molecule has 1 saturated heterocycles. The molecule has 2 aromatic heterocycles. The molecule has 0 radical (unpaired) electrons. The molecule has 1 amide bonds. The minimum atomic E-state index is -1.63. The van der Waals surface area contributed by atoms with Crippen LogP contribution in [0.1, 0.15) is 47.6 Å². The second-order valence-electron chi connectivity index (χ2n) is 10.6. The van der Waals surface area contributed by atoms with Crippen molar-refractivity contribution in [2.45, 2.75) is 38.4 Å². The molecule has 41 heavy (non-hydrogen) atoms. The Kier molecular flexibility index (Phi) is 7.26. The highest BCUT2D eigenvalue weighted by molar-refractivity contribution is 6.00. The fourth-order valence-electron chi connectivity index (χ4n) is 4.86. The molecule has 0 saturated carbocycles. The summed E-state index contributed by atoms with van der Waals surface area (Å²) in [5.41, 5.74) is -1.47. The number of carbonyl (C=O) groups is 2. The zero-order valence-corrected chi connectivity index (χ0v) is 22.9. The number of rotatable bonds is 7. The molecule has 0 spiro atoms. The minimum Gasteiger partial charge on any atom is -0.494 e. The molecule has 0 bridgehead atoms. The number of nitrogens with one attached hydrogen (secondary N) is 1. The maximum Gasteiger partial charge on any atom is 0.251 e. The summed E-state index contributed by atoms with van der Waals surface area (Å²) in [6.07, 6.45) is -0.143. The summed E-state index contributed by atoms with van der Waals surface area (Å²) in [5.74, 6) is -1.66. The lowest BCUT2D eigenvalue weighted by molar-refractivity contribution is -0.117. The van der Waals surface area contributed by atoms with Crippen LogP contribution in [-0.4, -0.2) is 52.2 Å². The topological polar surface area (TPSA) is 124 Å². The standard InChI is InChI=1S/C30H28F2N4O5/c1-16-9-18-10-19(11-23(40-4)26(18)36-35-16)28(38)33-15-30(13-21(37)14-41-30)24-12-22(29(2,3)39)25(32)27(34-24)17-5-7-20(31)8-6-17/h5-12,39H,13-15H2,1-4H3,(H,33,38). The molecule has 1 unspecified atom stereocenters. The number of Topliss-reactive ketones (excluding diaryl/α,β-unsaturated/α-hetero) is 1. The first-order valence-corrected chi connectivity index (χ1v) is 12.9. The molecule has 2 N–H and O–H groups in total. The van der Waals surface area contributed by atoms with E-state index in [4.69, 9.17) is 9.47 Å². The van der Waals surface area contributed by atoms with Crippen molar-refractivity contribution < 1.29 is 33.0 Å². The van der Waals surface area contributed by atoms with Gasteiger partial charge >= 0.3 is 0 Å². The third-order valence-electron chi connectivity index (χ3n) is 6.99. The van der Waals surface area contributed by atoms with Crippen LogP contribution in [0, 0.1) is 18.6 Å². The normalized spacial score (nSPS) is 17.2. The van der Waals surface area contributed by atoms with Crippen molar-refractivity contribution in [1.82, 2.24) is 20.5 Å². The minimum absolute atomic E-state index is 0.0915. The SMILES string of the molecule is COc1cc(C(=O)NCC2(c3cc(C(C)(C)O)c(F)c(-c4ccc(F)cc4)n3)CC(=O)CO2)cc2cc(C)nnc12. The van der Waals surface area contributed by atoms with Gasteiger partial charge in [0, 0.05) is 28.5 Å². The number of hydrogen-bond donors (Lipinski definition) is 2. The molecule has 4 aromatic rings. The van der Waals surface area contributed by atoms with Crippen LogP contribution in [-0.2, 0) is 20.7 Å². The van der Waals surface area contributed by atoms with Crippen LogP contribution in [0.25, 0.3) is 22.2 Å². The molecule has 9 nitrogen and oxygen atoms in total. The fraction of sp³-hybridized carbons (Fsp3) is 0.300. The van der Waals surface area contributed by atoms with E-state index in [9.17, 15) is 19.1 Å². The summed E-state index contributed by atoms with van der Waals surface area (Å²) < 4.78 is 40.6. The smallest absolute Gasteiger partial charge is 0.251 e. The maximum absolute atomic E-state index is 15.7. The molecule has 212 valence electrons. The highest BCUT2D eigenvalue weighted by Crippen LogP contribution is 2.38. The summed E-state index contributed by atoms with van der Waals surface area (Å²) >= 11 is 0. The van der Waals surface area contributed by atoms with E-state index in [1.165, 1.54) is 57.4 Å². The lowest BCUT2D eigenvalue weighted by Gasteiger charge is -2.30. The highest BCUT2D eigenvalue weighted by Gasteiger charge is 2.44. The Morgan fingerprint density at radius 3 is 2.51 bits per heavy atom. The van der Waals surface area contributed by atoms with Gasteiger partial charge < -0.3 is 19.9 Å². The first-order valence-electron chi connectivity index (χ1n) is 12.9. The van der Waals surface area contributed by atoms with Gasteiger partial charge in [0.05, 0.1) is 30.6 Å². The third kappa shape index (κ3) is 5.50. The van der Waals surface area contributed by atoms with Crippen LogP contribution >= 0.6 is 0 Å². The molecule has 0 aliphatic carbocycles. The summed E-state index contributed by atoms with van der Waals surface area (Å²) in [6, 6.07) is 11.4. The van der Waals surface area contributed by atoms with Gasteiger partial charge in [-0.25, -0.2) is 13.8 Å². The van der Waals surface area contributed by atoms with Gasteiger partial charge in [-0.1, -0.05) is 0 Å². The Bertz CT molecular complexity index is 1670. The number of methoxy groups -OCH3 is 1. The molecule has 3 heterocycles. The Labute approximate surface area is 234 Å². The maximum atomic E-state index is 15.7. The number of pyridine rings is 1. The molecule has 5 rings (SSSR count). The molecule has 1 aliphatic rings. The summed E-state index contributed by atoms with van der Waals surface area (Å²) in [5, 5.41) is 22.4. The van der Waals surface area contributed by atoms with E-state index in [0.717, 1.165) is 0 Å². The number of ether oxygens (including phenoxy) is 2. The van der Waals surface area contributed by atoms with Gasteiger partial charge in [-0.05, 0) is 69.3 Å². The number of benzene rings is 2. The van der Waals surface area contributed by atoms with Gasteiger partial charge in [-0.3, -0.25) is 9.59 Å². The van der Waals surface area contributed by atoms with Crippen molar-refractivity contribution in [3.8, 4) is 17.0 Å². The van der Waals surface area contributed by atoms with Crippen LogP contribution in [0.2, 0.25) is 0 Å². The second kappa shape index (κ2) is 10.6. The van der Waals surface area contributed by atoms with E-state index < -0.39 is 28.7 Å². The van der Waals surface area contributed by atoms with E-state index >= 15 is 4.39 Å². The van der Waals surface area contributed by atoms with E-state index in [0.29, 0.717) is 22.3 Å². The first-order chi connectivity index (χ1) is 19.4. The Hall–Kier alpha value is -4.35. The molecule has 1 fully saturated rings. The van der Waals surface area contributed by atoms with E-state index in [-0.39, 0.29) is 53.4 Å². The molecule has 1 atom stereocenters. The van der Waals surface area contributed by atoms with Gasteiger partial charge in [0.2, 0.25) is 0 Å². The lowest BCUT2D eigenvalue weighted by Crippen LogP contribution is -2.41. The zero-order valence-electron chi connectivity index (χ0n) is 22.9. The van der Waals surface area contributed by atoms with Gasteiger partial charge in [0.25, 0.3) is 5.91 Å². The molecular weight excluding hydrogens is 534 g/mol. The van der Waals surface area contributed by atoms with Crippen LogP contribution in [0.15, 0.2) is 48.5 Å². The molecular formula is C30H28F2N4O5. The van der Waals surface area contributed by atoms with E-state index in [2.05, 4.69) is 20.5 Å². The average Bonchev–Trinajstić information content (AvgIpc) is 3.32. The summed E-state index contributed by atoms with van der Waals surface area (Å²) in [4.78, 5) is 30.3. The average molecular weight is 563 g/mol. The summed E-state index contributed by atoms with van der Waals surface area (Å²) in [6.45, 7) is 4.19. The van der Waals surface area contributed by atoms with Gasteiger partial charge in [0.1, 0.15) is 35.0 Å². The largest absolute Gasteiger partial charge is 0.494 e. The number of carbonyl (C=O) groups excluding carboxylic acids is 2. The Morgan fingerprint density at radius 2 is 1.88 bits per heavy atom. The van der Waals surface area contributed by atoms with Crippen molar-refractivity contribution in [2.24, 2.45) is 0 Å². The number of halogens is 2. The van der Waals surface area contributed by atoms with Crippen molar-refractivity contribution in [2.75, 3.05) is 20.3 Å². The molecule has 11 heteroatoms. The van der Waals surface area contributed by atoms with Gasteiger partial charge in [0.15, 0.2) is 11.6 Å². The monoisotopic (exact) mass is 562 g/mol. The van der Waals surface area contributed by atoms with E-state index in [1.807, 2.05) is 0 Å². The quantitative estimate of drug-likeness (QED) is 0.345. The first kappa shape index (κ1) is 28.2. The number of aliphatic hydroxyl groups is 1. The number of amides is 1. The predicted octanol–water partition coefficient (Wildman–Crippen LogP) is 4.13. The van der Waals surface area contributed by atoms with E-state index in [1.54, 1.807) is 19.1 Å². The number of ketones is 1. The van der Waals surface area contributed by atoms with Crippen molar-refractivity contribution in [3.05, 3.63) is 82.7 Å². The van der Waals surface area contributed by atoms with Gasteiger partial charge in [-0.2, -0.15) is 5.10 Å². The Morgan fingerprint density at radius 1 is 1.15 bits per heavy atom. The number of nitrogens with zero attached hydrogens (tertiary/aromatic N) is 3. The third-order valence-corrected chi connectivity index (χ3v) is 6.99. The van der Waals surface area contributed by atoms with Crippen LogP contribution < -0.4 is 10.1 Å². The number of hydrogen-bond acceptors (Lipinski definition) is 8. The van der Waals surface area contributed by atoms with Crippen LogP contribution in [0.3, 0.4) is 0 Å². The lowest BCUT2D eigenvalue weighted by atomic mass is 9.88. The van der Waals surface area contributed by atoms with Gasteiger partial charge in [-0.15, -0.1) is 5.10 Å². The van der Waals surface area contributed by atoms with Crippen molar-refractivity contribution in [1.29, 1.82) is 0 Å².